The molecule has 0 aromatic heterocycles. The average molecular weight is 363 g/mol. The highest BCUT2D eigenvalue weighted by atomic mass is 19.1. The van der Waals surface area contributed by atoms with Crippen LogP contribution in [0, 0.1) is 17.8 Å². The van der Waals surface area contributed by atoms with Gasteiger partial charge in [0, 0.05) is 0 Å². The van der Waals surface area contributed by atoms with Gasteiger partial charge in [-0.15, -0.1) is 0 Å². The molecule has 2 rings (SSSR count). The van der Waals surface area contributed by atoms with Gasteiger partial charge in [-0.3, -0.25) is 0 Å². The summed E-state index contributed by atoms with van der Waals surface area (Å²) < 4.78 is 19.9. The Hall–Kier alpha value is -1.05. The maximum absolute atomic E-state index is 14.3. The fourth-order valence-corrected chi connectivity index (χ4v) is 4.45. The van der Waals surface area contributed by atoms with Crippen LogP contribution < -0.4 is 4.74 Å². The van der Waals surface area contributed by atoms with E-state index in [1.165, 1.54) is 64.2 Å². The Morgan fingerprint density at radius 3 is 2.38 bits per heavy atom. The Kier molecular flexibility index (Phi) is 10.1. The third-order valence-corrected chi connectivity index (χ3v) is 6.21. The Morgan fingerprint density at radius 1 is 1.00 bits per heavy atom. The van der Waals surface area contributed by atoms with Crippen LogP contribution in [-0.4, -0.2) is 12.8 Å². The Labute approximate surface area is 160 Å². The van der Waals surface area contributed by atoms with E-state index < -0.39 is 6.17 Å². The van der Waals surface area contributed by atoms with Crippen LogP contribution in [0.2, 0.25) is 0 Å². The lowest BCUT2D eigenvalue weighted by molar-refractivity contribution is 0.132. The third kappa shape index (κ3) is 8.10. The predicted octanol–water partition coefficient (Wildman–Crippen LogP) is 7.60. The number of hydrogen-bond acceptors (Lipinski definition) is 1. The zero-order valence-corrected chi connectivity index (χ0v) is 17.0. The number of rotatable bonds is 12. The lowest BCUT2D eigenvalue weighted by Crippen LogP contribution is -2.24. The minimum absolute atomic E-state index is 0.182. The molecule has 0 heterocycles. The van der Waals surface area contributed by atoms with Crippen molar-refractivity contribution < 1.29 is 9.13 Å². The molecule has 0 saturated heterocycles. The van der Waals surface area contributed by atoms with Gasteiger partial charge in [-0.1, -0.05) is 83.4 Å². The monoisotopic (exact) mass is 362 g/mol. The number of para-hydroxylation sites is 1. The molecule has 0 aliphatic heterocycles. The normalized spacial score (nSPS) is 22.7. The molecule has 1 nitrogen and oxygen atoms in total. The molecule has 2 atom stereocenters. The largest absolute Gasteiger partial charge is 0.491 e. The molecule has 0 N–H and O–H groups in total. The van der Waals surface area contributed by atoms with Gasteiger partial charge in [0.15, 0.2) is 0 Å². The molecule has 2 heteroatoms. The zero-order valence-electron chi connectivity index (χ0n) is 17.0. The van der Waals surface area contributed by atoms with Crippen LogP contribution >= 0.6 is 0 Å². The minimum atomic E-state index is -0.860. The molecule has 0 bridgehead atoms. The van der Waals surface area contributed by atoms with Crippen molar-refractivity contribution in [1.82, 2.24) is 0 Å². The number of benzene rings is 1. The number of hydrogen-bond donors (Lipinski definition) is 0. The molecule has 1 fully saturated rings. The highest BCUT2D eigenvalue weighted by molar-refractivity contribution is 5.20. The Bertz CT molecular complexity index is 453. The summed E-state index contributed by atoms with van der Waals surface area (Å²) in [4.78, 5) is 0. The van der Waals surface area contributed by atoms with Gasteiger partial charge in [0.25, 0.3) is 0 Å². The van der Waals surface area contributed by atoms with E-state index in [4.69, 9.17) is 4.74 Å². The summed E-state index contributed by atoms with van der Waals surface area (Å²) in [6, 6.07) is 9.57. The second kappa shape index (κ2) is 12.4. The summed E-state index contributed by atoms with van der Waals surface area (Å²) in [5.41, 5.74) is 0. The van der Waals surface area contributed by atoms with Crippen molar-refractivity contribution in [2.24, 2.45) is 17.8 Å². The first-order valence-electron chi connectivity index (χ1n) is 11.0. The van der Waals surface area contributed by atoms with Gasteiger partial charge in [0.2, 0.25) is 0 Å². The third-order valence-electron chi connectivity index (χ3n) is 6.21. The molecule has 26 heavy (non-hydrogen) atoms. The van der Waals surface area contributed by atoms with E-state index in [9.17, 15) is 4.39 Å². The van der Waals surface area contributed by atoms with Gasteiger partial charge in [-0.2, -0.15) is 0 Å². The van der Waals surface area contributed by atoms with Crippen LogP contribution in [0.4, 0.5) is 4.39 Å². The van der Waals surface area contributed by atoms with E-state index in [0.717, 1.165) is 11.7 Å². The fourth-order valence-electron chi connectivity index (χ4n) is 4.45. The van der Waals surface area contributed by atoms with E-state index >= 15 is 0 Å². The quantitative estimate of drug-likeness (QED) is 0.348. The van der Waals surface area contributed by atoms with Crippen molar-refractivity contribution in [3.8, 4) is 5.75 Å². The summed E-state index contributed by atoms with van der Waals surface area (Å²) >= 11 is 0. The summed E-state index contributed by atoms with van der Waals surface area (Å²) in [6.07, 6.45) is 13.5. The van der Waals surface area contributed by atoms with Crippen molar-refractivity contribution in [1.29, 1.82) is 0 Å². The molecule has 1 aliphatic carbocycles. The summed E-state index contributed by atoms with van der Waals surface area (Å²) in [5.74, 6) is 2.88. The van der Waals surface area contributed by atoms with Crippen molar-refractivity contribution in [2.75, 3.05) is 6.61 Å². The van der Waals surface area contributed by atoms with Gasteiger partial charge in [-0.25, -0.2) is 4.39 Å². The van der Waals surface area contributed by atoms with Crippen LogP contribution in [0.5, 0.6) is 5.75 Å². The maximum atomic E-state index is 14.3. The van der Waals surface area contributed by atoms with Crippen molar-refractivity contribution in [3.05, 3.63) is 30.3 Å². The number of unbranched alkanes of at least 4 members (excludes halogenated alkanes) is 4. The predicted molar refractivity (Wildman–Crippen MR) is 109 cm³/mol. The summed E-state index contributed by atoms with van der Waals surface area (Å²) in [6.45, 7) is 4.70. The molecular formula is C24H39FO. The van der Waals surface area contributed by atoms with Gasteiger partial charge >= 0.3 is 0 Å². The van der Waals surface area contributed by atoms with E-state index in [0.29, 0.717) is 18.3 Å². The standard InChI is InChI=1S/C24H39FO/c1-3-4-5-6-8-11-21-14-16-22(17-15-21)20(2)18-23(25)19-26-24-12-9-7-10-13-24/h7,9-10,12-13,20-23H,3-6,8,11,14-19H2,1-2H3/t20?,21-,22-,23?. The maximum Gasteiger partial charge on any atom is 0.134 e. The van der Waals surface area contributed by atoms with Gasteiger partial charge in [0.05, 0.1) is 0 Å². The molecule has 2 unspecified atom stereocenters. The molecule has 1 saturated carbocycles. The molecular weight excluding hydrogens is 323 g/mol. The van der Waals surface area contributed by atoms with Crippen LogP contribution in [0.1, 0.15) is 84.5 Å². The zero-order chi connectivity index (χ0) is 18.6. The summed E-state index contributed by atoms with van der Waals surface area (Å²) in [5, 5.41) is 0. The van der Waals surface area contributed by atoms with Crippen LogP contribution in [0.3, 0.4) is 0 Å². The first kappa shape index (κ1) is 21.3. The Balaban J connectivity index is 1.58. The number of halogens is 1. The number of alkyl halides is 1. The average Bonchev–Trinajstić information content (AvgIpc) is 2.67. The van der Waals surface area contributed by atoms with E-state index in [1.54, 1.807) is 0 Å². The molecule has 0 radical (unpaired) electrons. The van der Waals surface area contributed by atoms with Gasteiger partial charge in [-0.05, 0) is 49.1 Å². The van der Waals surface area contributed by atoms with Crippen molar-refractivity contribution >= 4 is 0 Å². The smallest absolute Gasteiger partial charge is 0.134 e. The second-order valence-electron chi connectivity index (χ2n) is 8.42. The lowest BCUT2D eigenvalue weighted by atomic mass is 9.74. The number of ether oxygens (including phenoxy) is 1. The minimum Gasteiger partial charge on any atom is -0.491 e. The first-order valence-corrected chi connectivity index (χ1v) is 11.0. The van der Waals surface area contributed by atoms with Crippen molar-refractivity contribution in [2.45, 2.75) is 90.6 Å². The highest BCUT2D eigenvalue weighted by Gasteiger charge is 2.26. The van der Waals surface area contributed by atoms with E-state index in [2.05, 4.69) is 13.8 Å². The molecule has 0 spiro atoms. The fraction of sp³-hybridized carbons (Fsp3) is 0.750. The molecule has 0 amide bonds. The molecule has 1 aromatic rings. The highest BCUT2D eigenvalue weighted by Crippen LogP contribution is 2.37. The van der Waals surface area contributed by atoms with Crippen LogP contribution in [0.25, 0.3) is 0 Å². The second-order valence-corrected chi connectivity index (χ2v) is 8.42. The Morgan fingerprint density at radius 2 is 1.69 bits per heavy atom. The molecule has 1 aromatic carbocycles. The summed E-state index contributed by atoms with van der Waals surface area (Å²) in [7, 11) is 0. The van der Waals surface area contributed by atoms with Crippen LogP contribution in [-0.2, 0) is 0 Å². The van der Waals surface area contributed by atoms with Gasteiger partial charge < -0.3 is 4.74 Å². The lowest BCUT2D eigenvalue weighted by Gasteiger charge is -2.33. The van der Waals surface area contributed by atoms with E-state index in [-0.39, 0.29) is 6.61 Å². The SMILES string of the molecule is CCCCCCC[C@H]1CC[C@H](C(C)CC(F)COc2ccccc2)CC1. The van der Waals surface area contributed by atoms with Gasteiger partial charge in [0.1, 0.15) is 18.5 Å². The first-order chi connectivity index (χ1) is 12.7. The van der Waals surface area contributed by atoms with E-state index in [1.807, 2.05) is 30.3 Å². The molecule has 148 valence electrons. The topological polar surface area (TPSA) is 9.23 Å². The van der Waals surface area contributed by atoms with Crippen molar-refractivity contribution in [3.63, 3.8) is 0 Å². The van der Waals surface area contributed by atoms with Crippen LogP contribution in [0.15, 0.2) is 30.3 Å². The molecule has 1 aliphatic rings.